The van der Waals surface area contributed by atoms with Crippen molar-refractivity contribution in [1.82, 2.24) is 14.8 Å². The molecule has 0 aromatic carbocycles. The first-order valence-electron chi connectivity index (χ1n) is 7.28. The molecular weight excluding hydrogens is 274 g/mol. The molecule has 4 nitrogen and oxygen atoms in total. The SMILES string of the molecule is CNc1cn(C2CCCCC2)nc1-c1nc(F)ccc1F. The molecule has 6 heteroatoms. The standard InChI is InChI=1S/C15H18F2N4/c1-18-12-9-21(10-5-3-2-4-6-10)20-15(12)14-11(16)7-8-13(17)19-14/h7-10,18H,2-6H2,1H3. The van der Waals surface area contributed by atoms with Gasteiger partial charge in [0.15, 0.2) is 5.82 Å². The van der Waals surface area contributed by atoms with Gasteiger partial charge in [0.25, 0.3) is 0 Å². The molecule has 2 heterocycles. The molecule has 0 spiro atoms. The quantitative estimate of drug-likeness (QED) is 0.876. The van der Waals surface area contributed by atoms with E-state index in [1.165, 1.54) is 19.3 Å². The van der Waals surface area contributed by atoms with Crippen molar-refractivity contribution in [3.8, 4) is 11.4 Å². The minimum absolute atomic E-state index is 0.0473. The average molecular weight is 292 g/mol. The van der Waals surface area contributed by atoms with Crippen molar-refractivity contribution in [2.45, 2.75) is 38.1 Å². The van der Waals surface area contributed by atoms with Gasteiger partial charge in [-0.25, -0.2) is 9.37 Å². The molecule has 0 bridgehead atoms. The molecule has 0 radical (unpaired) electrons. The topological polar surface area (TPSA) is 42.7 Å². The number of pyridine rings is 1. The van der Waals surface area contributed by atoms with Gasteiger partial charge in [0, 0.05) is 13.2 Å². The first-order valence-corrected chi connectivity index (χ1v) is 7.28. The van der Waals surface area contributed by atoms with Gasteiger partial charge in [-0.15, -0.1) is 0 Å². The van der Waals surface area contributed by atoms with Crippen molar-refractivity contribution in [2.75, 3.05) is 12.4 Å². The summed E-state index contributed by atoms with van der Waals surface area (Å²) in [5.41, 5.74) is 0.978. The molecule has 2 aromatic heterocycles. The van der Waals surface area contributed by atoms with E-state index < -0.39 is 11.8 Å². The zero-order chi connectivity index (χ0) is 14.8. The number of aromatic nitrogens is 3. The molecule has 1 saturated carbocycles. The highest BCUT2D eigenvalue weighted by Crippen LogP contribution is 2.32. The molecule has 0 saturated heterocycles. The summed E-state index contributed by atoms with van der Waals surface area (Å²) < 4.78 is 29.1. The number of anilines is 1. The van der Waals surface area contributed by atoms with E-state index in [9.17, 15) is 8.78 Å². The van der Waals surface area contributed by atoms with Crippen molar-refractivity contribution in [1.29, 1.82) is 0 Å². The number of rotatable bonds is 3. The fourth-order valence-electron chi connectivity index (χ4n) is 2.87. The van der Waals surface area contributed by atoms with Crippen LogP contribution >= 0.6 is 0 Å². The summed E-state index contributed by atoms with van der Waals surface area (Å²) in [5, 5.41) is 7.45. The van der Waals surface area contributed by atoms with E-state index in [-0.39, 0.29) is 5.69 Å². The van der Waals surface area contributed by atoms with E-state index in [1.807, 2.05) is 10.9 Å². The lowest BCUT2D eigenvalue weighted by atomic mass is 9.96. The summed E-state index contributed by atoms with van der Waals surface area (Å²) >= 11 is 0. The number of hydrogen-bond acceptors (Lipinski definition) is 3. The van der Waals surface area contributed by atoms with Crippen LogP contribution in [0.3, 0.4) is 0 Å². The van der Waals surface area contributed by atoms with E-state index in [4.69, 9.17) is 0 Å². The highest BCUT2D eigenvalue weighted by Gasteiger charge is 2.21. The molecule has 112 valence electrons. The van der Waals surface area contributed by atoms with Crippen LogP contribution in [-0.4, -0.2) is 21.8 Å². The predicted molar refractivity (Wildman–Crippen MR) is 77.0 cm³/mol. The lowest BCUT2D eigenvalue weighted by Crippen LogP contribution is -2.13. The molecule has 0 aliphatic heterocycles. The Labute approximate surface area is 122 Å². The van der Waals surface area contributed by atoms with Crippen LogP contribution in [0, 0.1) is 11.8 Å². The Bertz CT molecular complexity index is 633. The van der Waals surface area contributed by atoms with Gasteiger partial charge in [0.05, 0.1) is 11.7 Å². The summed E-state index contributed by atoms with van der Waals surface area (Å²) in [7, 11) is 1.74. The molecule has 0 amide bonds. The zero-order valence-corrected chi connectivity index (χ0v) is 11.9. The molecule has 2 aromatic rings. The van der Waals surface area contributed by atoms with Crippen LogP contribution in [-0.2, 0) is 0 Å². The van der Waals surface area contributed by atoms with Crippen molar-refractivity contribution in [2.24, 2.45) is 0 Å². The Morgan fingerprint density at radius 2 is 1.90 bits per heavy atom. The van der Waals surface area contributed by atoms with Crippen LogP contribution in [0.2, 0.25) is 0 Å². The molecule has 1 aliphatic carbocycles. The molecule has 3 rings (SSSR count). The van der Waals surface area contributed by atoms with Crippen LogP contribution in [0.4, 0.5) is 14.5 Å². The Hall–Kier alpha value is -1.98. The van der Waals surface area contributed by atoms with Gasteiger partial charge >= 0.3 is 0 Å². The van der Waals surface area contributed by atoms with Gasteiger partial charge in [0.1, 0.15) is 11.4 Å². The van der Waals surface area contributed by atoms with Gasteiger partial charge < -0.3 is 5.32 Å². The number of halogens is 2. The van der Waals surface area contributed by atoms with Crippen molar-refractivity contribution < 1.29 is 8.78 Å². The van der Waals surface area contributed by atoms with Gasteiger partial charge in [0.2, 0.25) is 5.95 Å². The second kappa shape index (κ2) is 5.79. The molecule has 1 fully saturated rings. The summed E-state index contributed by atoms with van der Waals surface area (Å²) in [6.07, 6.45) is 7.62. The van der Waals surface area contributed by atoms with Crippen LogP contribution in [0.25, 0.3) is 11.4 Å². The molecular formula is C15H18F2N4. The summed E-state index contributed by atoms with van der Waals surface area (Å²) in [4.78, 5) is 3.65. The molecule has 1 N–H and O–H groups in total. The maximum atomic E-state index is 13.9. The summed E-state index contributed by atoms with van der Waals surface area (Å²) in [6, 6.07) is 2.42. The third kappa shape index (κ3) is 2.75. The molecule has 21 heavy (non-hydrogen) atoms. The maximum absolute atomic E-state index is 13.9. The Morgan fingerprint density at radius 1 is 1.14 bits per heavy atom. The van der Waals surface area contributed by atoms with Crippen molar-refractivity contribution in [3.05, 3.63) is 30.1 Å². The predicted octanol–water partition coefficient (Wildman–Crippen LogP) is 3.77. The second-order valence-electron chi connectivity index (χ2n) is 5.38. The first kappa shape index (κ1) is 14.0. The fourth-order valence-corrected chi connectivity index (χ4v) is 2.87. The van der Waals surface area contributed by atoms with Gasteiger partial charge in [-0.1, -0.05) is 19.3 Å². The zero-order valence-electron chi connectivity index (χ0n) is 11.9. The minimum atomic E-state index is -0.708. The van der Waals surface area contributed by atoms with E-state index in [0.29, 0.717) is 17.4 Å². The fraction of sp³-hybridized carbons (Fsp3) is 0.467. The van der Waals surface area contributed by atoms with Gasteiger partial charge in [-0.3, -0.25) is 4.68 Å². The Balaban J connectivity index is 2.01. The minimum Gasteiger partial charge on any atom is -0.385 e. The van der Waals surface area contributed by atoms with Crippen LogP contribution in [0.5, 0.6) is 0 Å². The number of nitrogens with zero attached hydrogens (tertiary/aromatic N) is 3. The first-order chi connectivity index (χ1) is 10.2. The van der Waals surface area contributed by atoms with Crippen LogP contribution in [0.15, 0.2) is 18.3 Å². The van der Waals surface area contributed by atoms with Gasteiger partial charge in [-0.05, 0) is 25.0 Å². The highest BCUT2D eigenvalue weighted by atomic mass is 19.1. The summed E-state index contributed by atoms with van der Waals surface area (Å²) in [6.45, 7) is 0. The normalized spacial score (nSPS) is 16.1. The highest BCUT2D eigenvalue weighted by molar-refractivity contribution is 5.71. The lowest BCUT2D eigenvalue weighted by molar-refractivity contribution is 0.330. The van der Waals surface area contributed by atoms with E-state index >= 15 is 0 Å². The molecule has 1 aliphatic rings. The maximum Gasteiger partial charge on any atom is 0.213 e. The van der Waals surface area contributed by atoms with Crippen LogP contribution < -0.4 is 5.32 Å². The molecule has 0 atom stereocenters. The van der Waals surface area contributed by atoms with E-state index in [0.717, 1.165) is 25.0 Å². The molecule has 0 unspecified atom stereocenters. The van der Waals surface area contributed by atoms with Crippen molar-refractivity contribution in [3.63, 3.8) is 0 Å². The largest absolute Gasteiger partial charge is 0.385 e. The third-order valence-corrected chi connectivity index (χ3v) is 3.99. The lowest BCUT2D eigenvalue weighted by Gasteiger charge is -2.21. The van der Waals surface area contributed by atoms with E-state index in [1.54, 1.807) is 7.05 Å². The van der Waals surface area contributed by atoms with Gasteiger partial charge in [-0.2, -0.15) is 9.49 Å². The van der Waals surface area contributed by atoms with Crippen LogP contribution in [0.1, 0.15) is 38.1 Å². The summed E-state index contributed by atoms with van der Waals surface area (Å²) in [5.74, 6) is -1.28. The third-order valence-electron chi connectivity index (χ3n) is 3.99. The Morgan fingerprint density at radius 3 is 2.62 bits per heavy atom. The average Bonchev–Trinajstić information content (AvgIpc) is 2.94. The monoisotopic (exact) mass is 292 g/mol. The van der Waals surface area contributed by atoms with Crippen molar-refractivity contribution >= 4 is 5.69 Å². The number of nitrogens with one attached hydrogen (secondary N) is 1. The van der Waals surface area contributed by atoms with E-state index in [2.05, 4.69) is 15.4 Å². The second-order valence-corrected chi connectivity index (χ2v) is 5.38. The number of hydrogen-bond donors (Lipinski definition) is 1. The Kier molecular flexibility index (Phi) is 3.86. The smallest absolute Gasteiger partial charge is 0.213 e.